The number of nitrogens with zero attached hydrogens (tertiary/aromatic N) is 2. The minimum atomic E-state index is -0.113. The number of carbonyl (C=O) groups is 1. The lowest BCUT2D eigenvalue weighted by atomic mass is 10.1. The first-order valence-electron chi connectivity index (χ1n) is 7.77. The summed E-state index contributed by atoms with van der Waals surface area (Å²) < 4.78 is 6.22. The number of thioether (sulfide) groups is 1. The molecule has 4 rings (SSSR count). The van der Waals surface area contributed by atoms with Gasteiger partial charge in [0.2, 0.25) is 5.89 Å². The molecule has 2 heterocycles. The van der Waals surface area contributed by atoms with Crippen LogP contribution < -0.4 is 0 Å². The molecule has 1 aromatic heterocycles. The van der Waals surface area contributed by atoms with Crippen LogP contribution in [0, 0.1) is 6.92 Å². The van der Waals surface area contributed by atoms with E-state index in [0.717, 1.165) is 11.1 Å². The number of aryl methyl sites for hydroxylation is 1. The molecule has 4 nitrogen and oxygen atoms in total. The van der Waals surface area contributed by atoms with Gasteiger partial charge < -0.3 is 4.42 Å². The summed E-state index contributed by atoms with van der Waals surface area (Å²) in [5, 5.41) is 0. The molecule has 1 fully saturated rings. The Hall–Kier alpha value is -2.44. The standard InChI is InChI=1S/C19H14N2O2S2/c1-12-6-8-13(9-7-12)10-16-18(22)21(19(24)25-16)11-17-20-14-4-2-3-5-15(14)23-17/h2-10H,11H2,1H3/b16-10-. The Labute approximate surface area is 154 Å². The maximum atomic E-state index is 12.7. The predicted octanol–water partition coefficient (Wildman–Crippen LogP) is 4.54. The molecule has 0 N–H and O–H groups in total. The second-order valence-electron chi connectivity index (χ2n) is 5.75. The first-order chi connectivity index (χ1) is 12.1. The zero-order valence-electron chi connectivity index (χ0n) is 13.4. The molecule has 0 saturated carbocycles. The number of aromatic nitrogens is 1. The van der Waals surface area contributed by atoms with Gasteiger partial charge in [0, 0.05) is 0 Å². The van der Waals surface area contributed by atoms with E-state index in [1.807, 2.05) is 61.5 Å². The van der Waals surface area contributed by atoms with Crippen molar-refractivity contribution in [2.45, 2.75) is 13.5 Å². The quantitative estimate of drug-likeness (QED) is 0.503. The summed E-state index contributed by atoms with van der Waals surface area (Å²) in [5.74, 6) is 0.368. The highest BCUT2D eigenvalue weighted by Gasteiger charge is 2.33. The van der Waals surface area contributed by atoms with Gasteiger partial charge in [-0.25, -0.2) is 4.98 Å². The molecular weight excluding hydrogens is 352 g/mol. The summed E-state index contributed by atoms with van der Waals surface area (Å²) in [6.45, 7) is 2.27. The van der Waals surface area contributed by atoms with Gasteiger partial charge in [-0.3, -0.25) is 9.69 Å². The molecule has 0 aliphatic carbocycles. The van der Waals surface area contributed by atoms with Crippen molar-refractivity contribution >= 4 is 51.4 Å². The number of benzene rings is 2. The van der Waals surface area contributed by atoms with Crippen molar-refractivity contribution in [3.05, 3.63) is 70.5 Å². The molecule has 0 unspecified atom stereocenters. The summed E-state index contributed by atoms with van der Waals surface area (Å²) in [5.41, 5.74) is 3.64. The third-order valence-corrected chi connectivity index (χ3v) is 5.26. The highest BCUT2D eigenvalue weighted by atomic mass is 32.2. The van der Waals surface area contributed by atoms with E-state index < -0.39 is 0 Å². The van der Waals surface area contributed by atoms with E-state index in [1.165, 1.54) is 22.2 Å². The van der Waals surface area contributed by atoms with E-state index in [9.17, 15) is 4.79 Å². The Morgan fingerprint density at radius 3 is 2.72 bits per heavy atom. The first-order valence-corrected chi connectivity index (χ1v) is 8.99. The Balaban J connectivity index is 1.57. The van der Waals surface area contributed by atoms with Crippen molar-refractivity contribution in [1.82, 2.24) is 9.88 Å². The van der Waals surface area contributed by atoms with Crippen molar-refractivity contribution in [1.29, 1.82) is 0 Å². The number of rotatable bonds is 3. The van der Waals surface area contributed by atoms with E-state index >= 15 is 0 Å². The minimum Gasteiger partial charge on any atom is -0.439 e. The van der Waals surface area contributed by atoms with Gasteiger partial charge in [-0.05, 0) is 30.7 Å². The van der Waals surface area contributed by atoms with Crippen molar-refractivity contribution in [3.63, 3.8) is 0 Å². The number of oxazole rings is 1. The SMILES string of the molecule is Cc1ccc(/C=C2\SC(=S)N(Cc3nc4ccccc4o3)C2=O)cc1. The Morgan fingerprint density at radius 1 is 1.20 bits per heavy atom. The number of carbonyl (C=O) groups excluding carboxylic acids is 1. The van der Waals surface area contributed by atoms with Crippen LogP contribution in [0.25, 0.3) is 17.2 Å². The average molecular weight is 366 g/mol. The van der Waals surface area contributed by atoms with Crippen LogP contribution in [0.4, 0.5) is 0 Å². The second kappa shape index (κ2) is 6.46. The zero-order chi connectivity index (χ0) is 17.4. The highest BCUT2D eigenvalue weighted by Crippen LogP contribution is 2.33. The van der Waals surface area contributed by atoms with Gasteiger partial charge in [-0.1, -0.05) is 65.9 Å². The lowest BCUT2D eigenvalue weighted by molar-refractivity contribution is -0.122. The smallest absolute Gasteiger partial charge is 0.266 e. The summed E-state index contributed by atoms with van der Waals surface area (Å²) in [6.07, 6.45) is 1.87. The molecule has 1 aliphatic heterocycles. The zero-order valence-corrected chi connectivity index (χ0v) is 15.1. The monoisotopic (exact) mass is 366 g/mol. The number of para-hydroxylation sites is 2. The van der Waals surface area contributed by atoms with Gasteiger partial charge in [0.25, 0.3) is 5.91 Å². The van der Waals surface area contributed by atoms with Gasteiger partial charge in [-0.15, -0.1) is 0 Å². The predicted molar refractivity (Wildman–Crippen MR) is 104 cm³/mol. The van der Waals surface area contributed by atoms with E-state index in [1.54, 1.807) is 0 Å². The maximum Gasteiger partial charge on any atom is 0.266 e. The van der Waals surface area contributed by atoms with E-state index in [4.69, 9.17) is 16.6 Å². The van der Waals surface area contributed by atoms with E-state index in [-0.39, 0.29) is 12.5 Å². The number of fused-ring (bicyclic) bond motifs is 1. The highest BCUT2D eigenvalue weighted by molar-refractivity contribution is 8.26. The maximum absolute atomic E-state index is 12.7. The Kier molecular flexibility index (Phi) is 4.15. The summed E-state index contributed by atoms with van der Waals surface area (Å²) in [4.78, 5) is 19.2. The Bertz CT molecular complexity index is 973. The van der Waals surface area contributed by atoms with Crippen LogP contribution >= 0.6 is 24.0 Å². The molecule has 25 heavy (non-hydrogen) atoms. The lowest BCUT2D eigenvalue weighted by Crippen LogP contribution is -2.27. The molecule has 1 aliphatic rings. The molecule has 1 amide bonds. The van der Waals surface area contributed by atoms with Crippen molar-refractivity contribution in [2.24, 2.45) is 0 Å². The number of hydrogen-bond donors (Lipinski definition) is 0. The second-order valence-corrected chi connectivity index (χ2v) is 7.43. The van der Waals surface area contributed by atoms with Gasteiger partial charge in [0.15, 0.2) is 5.58 Å². The van der Waals surface area contributed by atoms with Crippen molar-refractivity contribution in [2.75, 3.05) is 0 Å². The van der Waals surface area contributed by atoms with Crippen LogP contribution in [0.1, 0.15) is 17.0 Å². The van der Waals surface area contributed by atoms with Crippen LogP contribution in [0.2, 0.25) is 0 Å². The third kappa shape index (κ3) is 3.23. The van der Waals surface area contributed by atoms with E-state index in [0.29, 0.717) is 20.7 Å². The number of hydrogen-bond acceptors (Lipinski definition) is 5. The van der Waals surface area contributed by atoms with Gasteiger partial charge >= 0.3 is 0 Å². The molecule has 2 aromatic carbocycles. The molecule has 1 saturated heterocycles. The molecule has 6 heteroatoms. The van der Waals surface area contributed by atoms with Crippen LogP contribution in [0.3, 0.4) is 0 Å². The van der Waals surface area contributed by atoms with Gasteiger partial charge in [-0.2, -0.15) is 0 Å². The van der Waals surface area contributed by atoms with Gasteiger partial charge in [0.1, 0.15) is 16.4 Å². The Morgan fingerprint density at radius 2 is 1.96 bits per heavy atom. The van der Waals surface area contributed by atoms with Crippen molar-refractivity contribution < 1.29 is 9.21 Å². The summed E-state index contributed by atoms with van der Waals surface area (Å²) in [7, 11) is 0. The third-order valence-electron chi connectivity index (χ3n) is 3.88. The average Bonchev–Trinajstić information content (AvgIpc) is 3.13. The number of thiocarbonyl (C=S) groups is 1. The molecule has 3 aromatic rings. The van der Waals surface area contributed by atoms with Crippen LogP contribution in [0.5, 0.6) is 0 Å². The molecule has 0 radical (unpaired) electrons. The fraction of sp³-hybridized carbons (Fsp3) is 0.105. The van der Waals surface area contributed by atoms with Crippen LogP contribution in [0.15, 0.2) is 57.9 Å². The fourth-order valence-corrected chi connectivity index (χ4v) is 3.83. The first kappa shape index (κ1) is 16.1. The van der Waals surface area contributed by atoms with Crippen LogP contribution in [-0.4, -0.2) is 20.1 Å². The normalized spacial score (nSPS) is 16.4. The van der Waals surface area contributed by atoms with Crippen molar-refractivity contribution in [3.8, 4) is 0 Å². The van der Waals surface area contributed by atoms with Gasteiger partial charge in [0.05, 0.1) is 4.91 Å². The summed E-state index contributed by atoms with van der Waals surface area (Å²) >= 11 is 6.68. The molecular formula is C19H14N2O2S2. The lowest BCUT2D eigenvalue weighted by Gasteiger charge is -2.11. The fourth-order valence-electron chi connectivity index (χ4n) is 2.57. The molecule has 124 valence electrons. The van der Waals surface area contributed by atoms with E-state index in [2.05, 4.69) is 4.98 Å². The summed E-state index contributed by atoms with van der Waals surface area (Å²) in [6, 6.07) is 15.5. The molecule has 0 atom stereocenters. The van der Waals surface area contributed by atoms with Crippen LogP contribution in [-0.2, 0) is 11.3 Å². The largest absolute Gasteiger partial charge is 0.439 e. The number of amides is 1. The topological polar surface area (TPSA) is 46.3 Å². The molecule has 0 bridgehead atoms. The minimum absolute atomic E-state index is 0.113. The molecule has 0 spiro atoms.